The number of nitrogens with zero attached hydrogens (tertiary/aromatic N) is 1. The zero-order valence-corrected chi connectivity index (χ0v) is 9.47. The van der Waals surface area contributed by atoms with Gasteiger partial charge in [-0.05, 0) is 23.8 Å². The van der Waals surface area contributed by atoms with Gasteiger partial charge in [0.05, 0.1) is 7.11 Å². The molecule has 1 aromatic heterocycles. The Bertz CT molecular complexity index is 552. The molecular formula is C13H13N3O. The topological polar surface area (TPSA) is 72.0 Å². The molecule has 0 amide bonds. The maximum Gasteiger partial charge on any atom is 0.129 e. The Morgan fingerprint density at radius 1 is 1.35 bits per heavy atom. The molecule has 4 nitrogen and oxygen atoms in total. The van der Waals surface area contributed by atoms with Gasteiger partial charge in [0.2, 0.25) is 0 Å². The van der Waals surface area contributed by atoms with Gasteiger partial charge < -0.3 is 15.9 Å². The highest BCUT2D eigenvalue weighted by Crippen LogP contribution is 2.30. The molecule has 0 unspecified atom stereocenters. The SMILES string of the molecule is COc1ccncc1-c1ccc(N)c(C=N)c1. The van der Waals surface area contributed by atoms with Crippen LogP contribution >= 0.6 is 0 Å². The molecule has 0 spiro atoms. The number of nitrogen functional groups attached to an aromatic ring is 1. The van der Waals surface area contributed by atoms with E-state index >= 15 is 0 Å². The van der Waals surface area contributed by atoms with Crippen LogP contribution in [0.25, 0.3) is 11.1 Å². The molecule has 0 radical (unpaired) electrons. The van der Waals surface area contributed by atoms with E-state index in [1.54, 1.807) is 31.6 Å². The Morgan fingerprint density at radius 3 is 2.88 bits per heavy atom. The van der Waals surface area contributed by atoms with Crippen LogP contribution in [0.4, 0.5) is 5.69 Å². The normalized spacial score (nSPS) is 9.94. The van der Waals surface area contributed by atoms with E-state index < -0.39 is 0 Å². The number of nitrogens with two attached hydrogens (primary N) is 1. The van der Waals surface area contributed by atoms with E-state index in [-0.39, 0.29) is 0 Å². The second-order valence-electron chi connectivity index (χ2n) is 3.56. The highest BCUT2D eigenvalue weighted by atomic mass is 16.5. The Morgan fingerprint density at radius 2 is 2.18 bits per heavy atom. The van der Waals surface area contributed by atoms with Crippen molar-refractivity contribution >= 4 is 11.9 Å². The summed E-state index contributed by atoms with van der Waals surface area (Å²) in [7, 11) is 1.62. The van der Waals surface area contributed by atoms with E-state index in [4.69, 9.17) is 15.9 Å². The quantitative estimate of drug-likeness (QED) is 0.624. The van der Waals surface area contributed by atoms with E-state index in [2.05, 4.69) is 4.98 Å². The minimum atomic E-state index is 0.589. The van der Waals surface area contributed by atoms with Crippen molar-refractivity contribution in [1.29, 1.82) is 5.41 Å². The number of ether oxygens (including phenoxy) is 1. The van der Waals surface area contributed by atoms with Crippen LogP contribution in [0.2, 0.25) is 0 Å². The number of methoxy groups -OCH3 is 1. The fraction of sp³-hybridized carbons (Fsp3) is 0.0769. The van der Waals surface area contributed by atoms with Gasteiger partial charge >= 0.3 is 0 Å². The van der Waals surface area contributed by atoms with Crippen LogP contribution in [0.3, 0.4) is 0 Å². The minimum absolute atomic E-state index is 0.589. The maximum atomic E-state index is 7.29. The molecule has 0 fully saturated rings. The first-order chi connectivity index (χ1) is 8.26. The van der Waals surface area contributed by atoms with E-state index in [1.165, 1.54) is 6.21 Å². The molecule has 3 N–H and O–H groups in total. The van der Waals surface area contributed by atoms with Gasteiger partial charge in [0.25, 0.3) is 0 Å². The first-order valence-electron chi connectivity index (χ1n) is 5.14. The van der Waals surface area contributed by atoms with Gasteiger partial charge in [-0.3, -0.25) is 4.98 Å². The first kappa shape index (κ1) is 11.1. The predicted octanol–water partition coefficient (Wildman–Crippen LogP) is 2.34. The van der Waals surface area contributed by atoms with E-state index in [0.29, 0.717) is 11.3 Å². The predicted molar refractivity (Wildman–Crippen MR) is 68.5 cm³/mol. The van der Waals surface area contributed by atoms with Crippen LogP contribution in [-0.4, -0.2) is 18.3 Å². The van der Waals surface area contributed by atoms with Gasteiger partial charge in [-0.1, -0.05) is 6.07 Å². The number of benzene rings is 1. The number of rotatable bonds is 3. The van der Waals surface area contributed by atoms with Crippen LogP contribution in [0.5, 0.6) is 5.75 Å². The summed E-state index contributed by atoms with van der Waals surface area (Å²) in [5.74, 6) is 0.751. The van der Waals surface area contributed by atoms with Crippen molar-refractivity contribution in [2.24, 2.45) is 0 Å². The average Bonchev–Trinajstić information content (AvgIpc) is 2.39. The van der Waals surface area contributed by atoms with Crippen molar-refractivity contribution in [3.05, 3.63) is 42.2 Å². The van der Waals surface area contributed by atoms with E-state index in [0.717, 1.165) is 16.9 Å². The molecule has 0 saturated carbocycles. The largest absolute Gasteiger partial charge is 0.496 e. The Kier molecular flexibility index (Phi) is 3.05. The molecule has 1 aromatic carbocycles. The van der Waals surface area contributed by atoms with Gasteiger partial charge in [-0.2, -0.15) is 0 Å². The summed E-state index contributed by atoms with van der Waals surface area (Å²) in [4.78, 5) is 4.08. The van der Waals surface area contributed by atoms with Crippen molar-refractivity contribution < 1.29 is 4.74 Å². The molecule has 0 aliphatic heterocycles. The number of anilines is 1. The number of hydrogen-bond donors (Lipinski definition) is 2. The van der Waals surface area contributed by atoms with Gasteiger partial charge in [-0.15, -0.1) is 0 Å². The van der Waals surface area contributed by atoms with Crippen LogP contribution < -0.4 is 10.5 Å². The van der Waals surface area contributed by atoms with E-state index in [1.807, 2.05) is 12.1 Å². The van der Waals surface area contributed by atoms with Crippen molar-refractivity contribution in [3.63, 3.8) is 0 Å². The van der Waals surface area contributed by atoms with Gasteiger partial charge in [0, 0.05) is 35.4 Å². The highest BCUT2D eigenvalue weighted by molar-refractivity contribution is 5.88. The highest BCUT2D eigenvalue weighted by Gasteiger charge is 2.07. The van der Waals surface area contributed by atoms with Crippen molar-refractivity contribution in [2.45, 2.75) is 0 Å². The summed E-state index contributed by atoms with van der Waals surface area (Å²) in [6.45, 7) is 0. The van der Waals surface area contributed by atoms with E-state index in [9.17, 15) is 0 Å². The first-order valence-corrected chi connectivity index (χ1v) is 5.14. The van der Waals surface area contributed by atoms with Crippen molar-refractivity contribution in [1.82, 2.24) is 4.98 Å². The smallest absolute Gasteiger partial charge is 0.129 e. The van der Waals surface area contributed by atoms with Crippen LogP contribution in [0, 0.1) is 5.41 Å². The maximum absolute atomic E-state index is 7.29. The molecule has 0 atom stereocenters. The summed E-state index contributed by atoms with van der Waals surface area (Å²) >= 11 is 0. The van der Waals surface area contributed by atoms with Gasteiger partial charge in [-0.25, -0.2) is 0 Å². The lowest BCUT2D eigenvalue weighted by Gasteiger charge is -2.09. The molecule has 17 heavy (non-hydrogen) atoms. The number of aromatic nitrogens is 1. The number of nitrogens with one attached hydrogen (secondary N) is 1. The summed E-state index contributed by atoms with van der Waals surface area (Å²) in [6.07, 6.45) is 4.65. The lowest BCUT2D eigenvalue weighted by Crippen LogP contribution is -1.94. The summed E-state index contributed by atoms with van der Waals surface area (Å²) in [5.41, 5.74) is 8.85. The zero-order valence-electron chi connectivity index (χ0n) is 9.47. The van der Waals surface area contributed by atoms with Crippen molar-refractivity contribution in [3.8, 4) is 16.9 Å². The molecule has 0 aliphatic rings. The lowest BCUT2D eigenvalue weighted by molar-refractivity contribution is 0.416. The molecule has 86 valence electrons. The zero-order chi connectivity index (χ0) is 12.3. The number of hydrogen-bond acceptors (Lipinski definition) is 4. The molecule has 4 heteroatoms. The monoisotopic (exact) mass is 227 g/mol. The van der Waals surface area contributed by atoms with Crippen LogP contribution in [0.15, 0.2) is 36.7 Å². The van der Waals surface area contributed by atoms with Gasteiger partial charge in [0.1, 0.15) is 5.75 Å². The van der Waals surface area contributed by atoms with Crippen LogP contribution in [-0.2, 0) is 0 Å². The Labute approximate surface area is 99.6 Å². The van der Waals surface area contributed by atoms with Crippen LogP contribution in [0.1, 0.15) is 5.56 Å². The third-order valence-electron chi connectivity index (χ3n) is 2.55. The Hall–Kier alpha value is -2.36. The lowest BCUT2D eigenvalue weighted by atomic mass is 10.0. The molecule has 2 rings (SSSR count). The standard InChI is InChI=1S/C13H13N3O/c1-17-13-4-5-16-8-11(13)9-2-3-12(15)10(6-9)7-14/h2-8,14H,15H2,1H3. The second-order valence-corrected chi connectivity index (χ2v) is 3.56. The summed E-state index contributed by atoms with van der Waals surface area (Å²) in [6, 6.07) is 7.32. The van der Waals surface area contributed by atoms with Gasteiger partial charge in [0.15, 0.2) is 0 Å². The fourth-order valence-corrected chi connectivity index (χ4v) is 1.64. The molecule has 1 heterocycles. The second kappa shape index (κ2) is 4.65. The minimum Gasteiger partial charge on any atom is -0.496 e. The third kappa shape index (κ3) is 2.10. The third-order valence-corrected chi connectivity index (χ3v) is 2.55. The average molecular weight is 227 g/mol. The summed E-state index contributed by atoms with van der Waals surface area (Å²) < 4.78 is 5.28. The Balaban J connectivity index is 2.56. The molecule has 0 aliphatic carbocycles. The molecule has 0 saturated heterocycles. The fourth-order valence-electron chi connectivity index (χ4n) is 1.64. The van der Waals surface area contributed by atoms with Crippen molar-refractivity contribution in [2.75, 3.05) is 12.8 Å². The molecular weight excluding hydrogens is 214 g/mol. The number of pyridine rings is 1. The molecule has 0 bridgehead atoms. The molecule has 2 aromatic rings. The summed E-state index contributed by atoms with van der Waals surface area (Å²) in [5, 5.41) is 7.29.